The van der Waals surface area contributed by atoms with Crippen LogP contribution in [0.4, 0.5) is 0 Å². The number of hydrogen-bond acceptors (Lipinski definition) is 2. The number of ether oxygens (including phenoxy) is 1. The monoisotopic (exact) mass is 166 g/mol. The minimum atomic E-state index is -0.535. The summed E-state index contributed by atoms with van der Waals surface area (Å²) in [5.74, 6) is 2.62. The highest BCUT2D eigenvalue weighted by atomic mass is 16.5. The number of terminal acetylenes is 1. The average molecular weight is 166 g/mol. The summed E-state index contributed by atoms with van der Waals surface area (Å²) in [6.07, 6.45) is 8.25. The molecule has 0 aromatic carbocycles. The van der Waals surface area contributed by atoms with E-state index in [2.05, 4.69) is 5.92 Å². The Labute approximate surface area is 73.3 Å². The van der Waals surface area contributed by atoms with Gasteiger partial charge in [-0.1, -0.05) is 12.8 Å². The SMILES string of the molecule is C#CCOC1(CC)CCCC1=O. The molecular formula is C10H14O2. The third-order valence-electron chi connectivity index (χ3n) is 2.50. The molecule has 1 atom stereocenters. The number of carbonyl (C=O) groups excluding carboxylic acids is 1. The molecule has 0 radical (unpaired) electrons. The second-order valence-electron chi connectivity index (χ2n) is 3.12. The lowest BCUT2D eigenvalue weighted by Gasteiger charge is -2.24. The van der Waals surface area contributed by atoms with E-state index in [1.165, 1.54) is 0 Å². The maximum atomic E-state index is 11.4. The molecule has 0 aromatic heterocycles. The molecule has 2 heteroatoms. The highest BCUT2D eigenvalue weighted by Crippen LogP contribution is 2.32. The molecule has 1 fully saturated rings. The molecule has 0 bridgehead atoms. The van der Waals surface area contributed by atoms with E-state index in [0.717, 1.165) is 19.3 Å². The van der Waals surface area contributed by atoms with Crippen molar-refractivity contribution in [2.75, 3.05) is 6.61 Å². The first-order valence-corrected chi connectivity index (χ1v) is 4.36. The predicted octanol–water partition coefficient (Wildman–Crippen LogP) is 1.54. The van der Waals surface area contributed by atoms with E-state index in [4.69, 9.17) is 11.2 Å². The van der Waals surface area contributed by atoms with Crippen molar-refractivity contribution < 1.29 is 9.53 Å². The number of rotatable bonds is 3. The lowest BCUT2D eigenvalue weighted by molar-refractivity contribution is -0.138. The van der Waals surface area contributed by atoms with Crippen LogP contribution < -0.4 is 0 Å². The van der Waals surface area contributed by atoms with Crippen LogP contribution in [0.5, 0.6) is 0 Å². The first-order chi connectivity index (χ1) is 5.75. The van der Waals surface area contributed by atoms with Gasteiger partial charge in [-0.05, 0) is 19.3 Å². The fourth-order valence-corrected chi connectivity index (χ4v) is 1.71. The summed E-state index contributed by atoms with van der Waals surface area (Å²) >= 11 is 0. The lowest BCUT2D eigenvalue weighted by Crippen LogP contribution is -2.36. The fourth-order valence-electron chi connectivity index (χ4n) is 1.71. The van der Waals surface area contributed by atoms with Gasteiger partial charge in [0.05, 0.1) is 0 Å². The van der Waals surface area contributed by atoms with E-state index in [1.807, 2.05) is 6.92 Å². The van der Waals surface area contributed by atoms with Crippen LogP contribution in [0.2, 0.25) is 0 Å². The Bertz CT molecular complexity index is 214. The topological polar surface area (TPSA) is 26.3 Å². The standard InChI is InChI=1S/C10H14O2/c1-3-8-12-10(4-2)7-5-6-9(10)11/h1H,4-8H2,2H3. The van der Waals surface area contributed by atoms with Crippen molar-refractivity contribution in [2.45, 2.75) is 38.2 Å². The van der Waals surface area contributed by atoms with Crippen LogP contribution in [0, 0.1) is 12.3 Å². The molecule has 66 valence electrons. The van der Waals surface area contributed by atoms with E-state index in [9.17, 15) is 4.79 Å². The number of carbonyl (C=O) groups is 1. The van der Waals surface area contributed by atoms with Gasteiger partial charge in [0.1, 0.15) is 12.2 Å². The van der Waals surface area contributed by atoms with Gasteiger partial charge in [0, 0.05) is 6.42 Å². The summed E-state index contributed by atoms with van der Waals surface area (Å²) in [5.41, 5.74) is -0.535. The van der Waals surface area contributed by atoms with Gasteiger partial charge in [-0.25, -0.2) is 0 Å². The zero-order chi connectivity index (χ0) is 9.03. The molecule has 1 aliphatic rings. The molecule has 2 nitrogen and oxygen atoms in total. The van der Waals surface area contributed by atoms with Crippen molar-refractivity contribution in [1.82, 2.24) is 0 Å². The Hall–Kier alpha value is -0.810. The third kappa shape index (κ3) is 1.51. The molecule has 0 amide bonds. The molecule has 1 rings (SSSR count). The van der Waals surface area contributed by atoms with Crippen molar-refractivity contribution >= 4 is 5.78 Å². The third-order valence-corrected chi connectivity index (χ3v) is 2.50. The molecule has 0 aromatic rings. The maximum absolute atomic E-state index is 11.4. The van der Waals surface area contributed by atoms with Crippen LogP contribution in [-0.4, -0.2) is 18.0 Å². The molecule has 1 saturated carbocycles. The quantitative estimate of drug-likeness (QED) is 0.594. The Balaban J connectivity index is 2.62. The first kappa shape index (κ1) is 9.28. The van der Waals surface area contributed by atoms with E-state index >= 15 is 0 Å². The van der Waals surface area contributed by atoms with Crippen LogP contribution in [0.3, 0.4) is 0 Å². The van der Waals surface area contributed by atoms with E-state index in [0.29, 0.717) is 6.42 Å². The summed E-state index contributed by atoms with van der Waals surface area (Å²) in [7, 11) is 0. The summed E-state index contributed by atoms with van der Waals surface area (Å²) in [6.45, 7) is 2.22. The highest BCUT2D eigenvalue weighted by Gasteiger charge is 2.41. The van der Waals surface area contributed by atoms with Gasteiger partial charge in [-0.3, -0.25) is 4.79 Å². The fraction of sp³-hybridized carbons (Fsp3) is 0.700. The van der Waals surface area contributed by atoms with Gasteiger partial charge in [0.25, 0.3) is 0 Å². The highest BCUT2D eigenvalue weighted by molar-refractivity contribution is 5.89. The number of Topliss-reactive ketones (excluding diaryl/α,β-unsaturated/α-hetero) is 1. The number of hydrogen-bond donors (Lipinski definition) is 0. The Morgan fingerprint density at radius 2 is 2.50 bits per heavy atom. The smallest absolute Gasteiger partial charge is 0.164 e. The second kappa shape index (κ2) is 3.73. The lowest BCUT2D eigenvalue weighted by atomic mass is 9.98. The molecule has 12 heavy (non-hydrogen) atoms. The van der Waals surface area contributed by atoms with Gasteiger partial charge in [0.2, 0.25) is 0 Å². The van der Waals surface area contributed by atoms with Gasteiger partial charge in [-0.2, -0.15) is 0 Å². The van der Waals surface area contributed by atoms with Crippen molar-refractivity contribution in [3.8, 4) is 12.3 Å². The molecule has 0 spiro atoms. The van der Waals surface area contributed by atoms with E-state index in [1.54, 1.807) is 0 Å². The Morgan fingerprint density at radius 1 is 1.75 bits per heavy atom. The largest absolute Gasteiger partial charge is 0.355 e. The van der Waals surface area contributed by atoms with Gasteiger partial charge >= 0.3 is 0 Å². The van der Waals surface area contributed by atoms with E-state index in [-0.39, 0.29) is 12.4 Å². The average Bonchev–Trinajstić information content (AvgIpc) is 2.45. The van der Waals surface area contributed by atoms with Crippen molar-refractivity contribution in [3.05, 3.63) is 0 Å². The van der Waals surface area contributed by atoms with Gasteiger partial charge < -0.3 is 4.74 Å². The van der Waals surface area contributed by atoms with Crippen molar-refractivity contribution in [2.24, 2.45) is 0 Å². The predicted molar refractivity (Wildman–Crippen MR) is 46.7 cm³/mol. The molecular weight excluding hydrogens is 152 g/mol. The summed E-state index contributed by atoms with van der Waals surface area (Å²) < 4.78 is 5.42. The molecule has 0 heterocycles. The molecule has 0 saturated heterocycles. The second-order valence-corrected chi connectivity index (χ2v) is 3.12. The first-order valence-electron chi connectivity index (χ1n) is 4.36. The van der Waals surface area contributed by atoms with E-state index < -0.39 is 5.60 Å². The Kier molecular flexibility index (Phi) is 2.88. The van der Waals surface area contributed by atoms with Crippen LogP contribution in [0.15, 0.2) is 0 Å². The normalized spacial score (nSPS) is 28.8. The van der Waals surface area contributed by atoms with Crippen LogP contribution in [0.25, 0.3) is 0 Å². The maximum Gasteiger partial charge on any atom is 0.164 e. The van der Waals surface area contributed by atoms with Crippen molar-refractivity contribution in [3.63, 3.8) is 0 Å². The summed E-state index contributed by atoms with van der Waals surface area (Å²) in [6, 6.07) is 0. The minimum absolute atomic E-state index is 0.222. The number of ketones is 1. The summed E-state index contributed by atoms with van der Waals surface area (Å²) in [4.78, 5) is 11.4. The zero-order valence-corrected chi connectivity index (χ0v) is 7.43. The summed E-state index contributed by atoms with van der Waals surface area (Å²) in [5, 5.41) is 0. The Morgan fingerprint density at radius 3 is 2.92 bits per heavy atom. The zero-order valence-electron chi connectivity index (χ0n) is 7.43. The molecule has 0 N–H and O–H groups in total. The van der Waals surface area contributed by atoms with Crippen molar-refractivity contribution in [1.29, 1.82) is 0 Å². The van der Waals surface area contributed by atoms with Gasteiger partial charge in [0.15, 0.2) is 5.78 Å². The molecule has 0 aliphatic heterocycles. The minimum Gasteiger partial charge on any atom is -0.355 e. The molecule has 1 unspecified atom stereocenters. The van der Waals surface area contributed by atoms with Gasteiger partial charge in [-0.15, -0.1) is 6.42 Å². The van der Waals surface area contributed by atoms with Crippen LogP contribution in [0.1, 0.15) is 32.6 Å². The molecule has 1 aliphatic carbocycles. The van der Waals surface area contributed by atoms with Crippen LogP contribution in [-0.2, 0) is 9.53 Å². The van der Waals surface area contributed by atoms with Crippen LogP contribution >= 0.6 is 0 Å².